The van der Waals surface area contributed by atoms with E-state index in [9.17, 15) is 8.42 Å². The normalized spacial score (nSPS) is 13.8. The highest BCUT2D eigenvalue weighted by Gasteiger charge is 2.15. The average Bonchev–Trinajstić information content (AvgIpc) is 2.26. The second-order valence-corrected chi connectivity index (χ2v) is 6.90. The van der Waals surface area contributed by atoms with E-state index in [-0.39, 0.29) is 17.5 Å². The Hall–Kier alpha value is -0.620. The molecule has 0 amide bonds. The Morgan fingerprint density at radius 3 is 2.33 bits per heavy atom. The summed E-state index contributed by atoms with van der Waals surface area (Å²) in [7, 11) is -3.50. The second kappa shape index (κ2) is 6.52. The fourth-order valence-electron chi connectivity index (χ4n) is 1.60. The first-order valence-corrected chi connectivity index (χ1v) is 7.68. The van der Waals surface area contributed by atoms with E-state index < -0.39 is 10.0 Å². The summed E-state index contributed by atoms with van der Waals surface area (Å²) >= 11 is 5.71. The quantitative estimate of drug-likeness (QED) is 0.841. The van der Waals surface area contributed by atoms with Crippen LogP contribution in [-0.4, -0.2) is 21.0 Å². The van der Waals surface area contributed by atoms with Crippen LogP contribution in [0.2, 0.25) is 5.02 Å². The van der Waals surface area contributed by atoms with Crippen molar-refractivity contribution in [3.8, 4) is 0 Å². The number of benzene rings is 1. The molecule has 6 heteroatoms. The van der Waals surface area contributed by atoms with Crippen molar-refractivity contribution in [1.29, 1.82) is 0 Å². The third kappa shape index (κ3) is 4.94. The fraction of sp³-hybridized carbons (Fsp3) is 0.500. The Kier molecular flexibility index (Phi) is 5.59. The molecular weight excluding hydrogens is 272 g/mol. The molecule has 3 N–H and O–H groups in total. The maximum Gasteiger partial charge on any atom is 0.240 e. The number of sulfonamides is 1. The highest BCUT2D eigenvalue weighted by molar-refractivity contribution is 7.89. The van der Waals surface area contributed by atoms with Gasteiger partial charge < -0.3 is 5.73 Å². The van der Waals surface area contributed by atoms with Gasteiger partial charge in [0.25, 0.3) is 0 Å². The van der Waals surface area contributed by atoms with Crippen molar-refractivity contribution in [3.63, 3.8) is 0 Å². The molecule has 0 saturated carbocycles. The lowest BCUT2D eigenvalue weighted by Gasteiger charge is -2.15. The molecule has 102 valence electrons. The predicted octanol–water partition coefficient (Wildman–Crippen LogP) is 1.99. The van der Waals surface area contributed by atoms with E-state index in [2.05, 4.69) is 4.72 Å². The largest absolute Gasteiger partial charge is 0.327 e. The summed E-state index contributed by atoms with van der Waals surface area (Å²) in [5, 5.41) is 0.505. The molecule has 1 unspecified atom stereocenters. The van der Waals surface area contributed by atoms with Gasteiger partial charge in [-0.15, -0.1) is 0 Å². The summed E-state index contributed by atoms with van der Waals surface area (Å²) in [6.07, 6.45) is 0.781. The first-order chi connectivity index (χ1) is 8.31. The summed E-state index contributed by atoms with van der Waals surface area (Å²) in [5.41, 5.74) is 5.84. The number of rotatable bonds is 6. The summed E-state index contributed by atoms with van der Waals surface area (Å²) < 4.78 is 26.4. The lowest BCUT2D eigenvalue weighted by atomic mass is 10.1. The molecule has 0 aromatic heterocycles. The summed E-state index contributed by atoms with van der Waals surface area (Å²) in [6.45, 7) is 4.34. The van der Waals surface area contributed by atoms with Crippen LogP contribution in [0, 0.1) is 5.92 Å². The minimum atomic E-state index is -3.50. The molecule has 1 aromatic rings. The first-order valence-electron chi connectivity index (χ1n) is 5.82. The van der Waals surface area contributed by atoms with Gasteiger partial charge in [0.2, 0.25) is 10.0 Å². The molecule has 0 saturated heterocycles. The molecule has 0 heterocycles. The summed E-state index contributed by atoms with van der Waals surface area (Å²) in [6, 6.07) is 5.86. The monoisotopic (exact) mass is 290 g/mol. The van der Waals surface area contributed by atoms with Crippen LogP contribution >= 0.6 is 11.6 Å². The van der Waals surface area contributed by atoms with Crippen LogP contribution in [0.15, 0.2) is 29.2 Å². The lowest BCUT2D eigenvalue weighted by molar-refractivity contribution is 0.486. The van der Waals surface area contributed by atoms with Gasteiger partial charge in [-0.1, -0.05) is 25.4 Å². The van der Waals surface area contributed by atoms with Gasteiger partial charge in [-0.2, -0.15) is 0 Å². The zero-order valence-corrected chi connectivity index (χ0v) is 12.1. The van der Waals surface area contributed by atoms with Gasteiger partial charge in [-0.25, -0.2) is 13.1 Å². The smallest absolute Gasteiger partial charge is 0.240 e. The van der Waals surface area contributed by atoms with Gasteiger partial charge in [0.05, 0.1) is 4.90 Å². The standard InChI is InChI=1S/C12H19ClN2O2S/c1-9(2)7-11(14)8-15-18(16,17)12-5-3-10(13)4-6-12/h3-6,9,11,15H,7-8,14H2,1-2H3. The number of halogens is 1. The van der Waals surface area contributed by atoms with Crippen molar-refractivity contribution in [3.05, 3.63) is 29.3 Å². The molecule has 1 aromatic carbocycles. The molecule has 0 bridgehead atoms. The Balaban J connectivity index is 2.63. The minimum Gasteiger partial charge on any atom is -0.327 e. The zero-order valence-electron chi connectivity index (χ0n) is 10.6. The van der Waals surface area contributed by atoms with Gasteiger partial charge >= 0.3 is 0 Å². The van der Waals surface area contributed by atoms with Crippen molar-refractivity contribution < 1.29 is 8.42 Å². The molecular formula is C12H19ClN2O2S. The number of hydrogen-bond acceptors (Lipinski definition) is 3. The molecule has 0 aliphatic heterocycles. The SMILES string of the molecule is CC(C)CC(N)CNS(=O)(=O)c1ccc(Cl)cc1. The van der Waals surface area contributed by atoms with E-state index in [1.807, 2.05) is 13.8 Å². The Bertz CT molecular complexity index is 471. The fourth-order valence-corrected chi connectivity index (χ4v) is 2.82. The Morgan fingerprint density at radius 2 is 1.83 bits per heavy atom. The van der Waals surface area contributed by atoms with Crippen LogP contribution < -0.4 is 10.5 Å². The van der Waals surface area contributed by atoms with Crippen molar-refractivity contribution in [2.24, 2.45) is 11.7 Å². The van der Waals surface area contributed by atoms with Gasteiger partial charge in [-0.3, -0.25) is 0 Å². The molecule has 4 nitrogen and oxygen atoms in total. The van der Waals surface area contributed by atoms with Crippen molar-refractivity contribution in [1.82, 2.24) is 4.72 Å². The van der Waals surface area contributed by atoms with Crippen molar-refractivity contribution >= 4 is 21.6 Å². The zero-order chi connectivity index (χ0) is 13.8. The maximum absolute atomic E-state index is 11.9. The highest BCUT2D eigenvalue weighted by Crippen LogP contribution is 2.13. The topological polar surface area (TPSA) is 72.2 Å². The molecule has 0 spiro atoms. The Morgan fingerprint density at radius 1 is 1.28 bits per heavy atom. The molecule has 0 aliphatic rings. The third-order valence-electron chi connectivity index (χ3n) is 2.43. The van der Waals surface area contributed by atoms with Gasteiger partial charge in [-0.05, 0) is 36.6 Å². The van der Waals surface area contributed by atoms with E-state index in [1.54, 1.807) is 12.1 Å². The van der Waals surface area contributed by atoms with Crippen molar-refractivity contribution in [2.75, 3.05) is 6.54 Å². The van der Waals surface area contributed by atoms with Crippen LogP contribution in [0.4, 0.5) is 0 Å². The molecule has 1 atom stereocenters. The van der Waals surface area contributed by atoms with Crippen LogP contribution in [0.5, 0.6) is 0 Å². The molecule has 0 aliphatic carbocycles. The first kappa shape index (κ1) is 15.4. The van der Waals surface area contributed by atoms with E-state index in [0.29, 0.717) is 10.9 Å². The van der Waals surface area contributed by atoms with Crippen LogP contribution in [0.25, 0.3) is 0 Å². The number of hydrogen-bond donors (Lipinski definition) is 2. The molecule has 18 heavy (non-hydrogen) atoms. The van der Waals surface area contributed by atoms with Crippen LogP contribution in [0.1, 0.15) is 20.3 Å². The number of nitrogens with one attached hydrogen (secondary N) is 1. The van der Waals surface area contributed by atoms with E-state index in [0.717, 1.165) is 6.42 Å². The van der Waals surface area contributed by atoms with Crippen LogP contribution in [0.3, 0.4) is 0 Å². The summed E-state index contributed by atoms with van der Waals surface area (Å²) in [5.74, 6) is 0.444. The van der Waals surface area contributed by atoms with Gasteiger partial charge in [0.1, 0.15) is 0 Å². The van der Waals surface area contributed by atoms with E-state index in [1.165, 1.54) is 12.1 Å². The third-order valence-corrected chi connectivity index (χ3v) is 4.13. The van der Waals surface area contributed by atoms with Gasteiger partial charge in [0, 0.05) is 17.6 Å². The summed E-state index contributed by atoms with van der Waals surface area (Å²) in [4.78, 5) is 0.198. The van der Waals surface area contributed by atoms with E-state index in [4.69, 9.17) is 17.3 Å². The highest BCUT2D eigenvalue weighted by atomic mass is 35.5. The number of nitrogens with two attached hydrogens (primary N) is 1. The van der Waals surface area contributed by atoms with Gasteiger partial charge in [0.15, 0.2) is 0 Å². The lowest BCUT2D eigenvalue weighted by Crippen LogP contribution is -2.37. The van der Waals surface area contributed by atoms with E-state index >= 15 is 0 Å². The molecule has 0 fully saturated rings. The maximum atomic E-state index is 11.9. The Labute approximate surface area is 114 Å². The molecule has 1 rings (SSSR count). The minimum absolute atomic E-state index is 0.174. The van der Waals surface area contributed by atoms with Crippen molar-refractivity contribution in [2.45, 2.75) is 31.2 Å². The average molecular weight is 291 g/mol. The van der Waals surface area contributed by atoms with Crippen LogP contribution in [-0.2, 0) is 10.0 Å². The predicted molar refractivity (Wildman–Crippen MR) is 74.1 cm³/mol. The molecule has 0 radical (unpaired) electrons. The second-order valence-electron chi connectivity index (χ2n) is 4.70.